The fourth-order valence-corrected chi connectivity index (χ4v) is 3.32. The van der Waals surface area contributed by atoms with Gasteiger partial charge in [0.2, 0.25) is 0 Å². The molecule has 1 N–H and O–H groups in total. The van der Waals surface area contributed by atoms with Crippen molar-refractivity contribution in [2.45, 2.75) is 58.3 Å². The Morgan fingerprint density at radius 3 is 2.82 bits per heavy atom. The van der Waals surface area contributed by atoms with Crippen molar-refractivity contribution >= 4 is 11.9 Å². The number of hydrogen-bond donors (Lipinski definition) is 1. The average molecular weight is 308 g/mol. The third kappa shape index (κ3) is 3.40. The van der Waals surface area contributed by atoms with E-state index in [0.29, 0.717) is 0 Å². The van der Waals surface area contributed by atoms with Crippen LogP contribution in [0.25, 0.3) is 0 Å². The van der Waals surface area contributed by atoms with Crippen LogP contribution in [0.1, 0.15) is 40.0 Å². The first-order valence-electron chi connectivity index (χ1n) is 7.73. The van der Waals surface area contributed by atoms with Gasteiger partial charge >= 0.3 is 11.9 Å². The summed E-state index contributed by atoms with van der Waals surface area (Å²) in [4.78, 5) is 23.3. The van der Waals surface area contributed by atoms with Crippen LogP contribution in [0.15, 0.2) is 23.8 Å². The molecule has 0 aromatic heterocycles. The van der Waals surface area contributed by atoms with Crippen molar-refractivity contribution in [2.24, 2.45) is 11.8 Å². The SMILES string of the molecule is C=C1C(=O)O[C@@H]2C(OC(C)=O)[C@H](C)CCC/C(C)=C/[C@H](O)[C@@H]12. The van der Waals surface area contributed by atoms with E-state index in [-0.39, 0.29) is 11.5 Å². The lowest BCUT2D eigenvalue weighted by atomic mass is 9.81. The molecule has 0 bridgehead atoms. The highest BCUT2D eigenvalue weighted by Gasteiger charge is 2.49. The van der Waals surface area contributed by atoms with Crippen LogP contribution in [0.3, 0.4) is 0 Å². The summed E-state index contributed by atoms with van der Waals surface area (Å²) >= 11 is 0. The van der Waals surface area contributed by atoms with Crippen molar-refractivity contribution in [3.63, 3.8) is 0 Å². The summed E-state index contributed by atoms with van der Waals surface area (Å²) in [5.41, 5.74) is 1.32. The van der Waals surface area contributed by atoms with E-state index in [1.807, 2.05) is 13.8 Å². The molecule has 122 valence electrons. The molecule has 1 unspecified atom stereocenters. The summed E-state index contributed by atoms with van der Waals surface area (Å²) in [6, 6.07) is 0. The number of allylic oxidation sites excluding steroid dienone is 1. The van der Waals surface area contributed by atoms with Crippen molar-refractivity contribution in [1.29, 1.82) is 0 Å². The first-order valence-corrected chi connectivity index (χ1v) is 7.73. The number of esters is 2. The Kier molecular flexibility index (Phi) is 5.06. The van der Waals surface area contributed by atoms with E-state index in [9.17, 15) is 14.7 Å². The predicted octanol–water partition coefficient (Wildman–Crippen LogP) is 2.14. The largest absolute Gasteiger partial charge is 0.458 e. The van der Waals surface area contributed by atoms with Crippen molar-refractivity contribution in [1.82, 2.24) is 0 Å². The standard InChI is InChI=1S/C17H24O5/c1-9-6-5-7-10(2)15(21-12(4)18)16-14(13(19)8-9)11(3)17(20)22-16/h8,10,13-16,19H,3,5-7H2,1-2,4H3/b9-8+/t10-,13+,14-,15?,16+/m1/s1. The number of rotatable bonds is 1. The van der Waals surface area contributed by atoms with Gasteiger partial charge in [0.15, 0.2) is 0 Å². The third-order valence-corrected chi connectivity index (χ3v) is 4.50. The van der Waals surface area contributed by atoms with Crippen LogP contribution in [0.2, 0.25) is 0 Å². The van der Waals surface area contributed by atoms with Gasteiger partial charge in [0.25, 0.3) is 0 Å². The van der Waals surface area contributed by atoms with Crippen LogP contribution in [-0.2, 0) is 19.1 Å². The van der Waals surface area contributed by atoms with Gasteiger partial charge in [0.1, 0.15) is 12.2 Å². The van der Waals surface area contributed by atoms with Crippen LogP contribution in [0, 0.1) is 11.8 Å². The third-order valence-electron chi connectivity index (χ3n) is 4.50. The van der Waals surface area contributed by atoms with Crippen molar-refractivity contribution < 1.29 is 24.2 Å². The maximum atomic E-state index is 11.9. The highest BCUT2D eigenvalue weighted by molar-refractivity contribution is 5.91. The molecule has 1 fully saturated rings. The molecule has 0 spiro atoms. The summed E-state index contributed by atoms with van der Waals surface area (Å²) in [5, 5.41) is 10.5. The van der Waals surface area contributed by atoms with Crippen LogP contribution in [0.5, 0.6) is 0 Å². The van der Waals surface area contributed by atoms with E-state index >= 15 is 0 Å². The monoisotopic (exact) mass is 308 g/mol. The van der Waals surface area contributed by atoms with Gasteiger partial charge in [-0.25, -0.2) is 4.79 Å². The first kappa shape index (κ1) is 16.7. The molecule has 0 aromatic carbocycles. The van der Waals surface area contributed by atoms with Gasteiger partial charge in [-0.15, -0.1) is 0 Å². The van der Waals surface area contributed by atoms with Gasteiger partial charge in [0, 0.05) is 12.5 Å². The van der Waals surface area contributed by atoms with Crippen LogP contribution in [0.4, 0.5) is 0 Å². The molecular weight excluding hydrogens is 284 g/mol. The zero-order valence-corrected chi connectivity index (χ0v) is 13.4. The number of hydrogen-bond acceptors (Lipinski definition) is 5. The predicted molar refractivity (Wildman–Crippen MR) is 80.8 cm³/mol. The van der Waals surface area contributed by atoms with Crippen molar-refractivity contribution in [3.05, 3.63) is 23.8 Å². The van der Waals surface area contributed by atoms with Crippen molar-refractivity contribution in [3.8, 4) is 0 Å². The first-order chi connectivity index (χ1) is 10.3. The molecule has 1 aliphatic carbocycles. The summed E-state index contributed by atoms with van der Waals surface area (Å²) < 4.78 is 10.8. The summed E-state index contributed by atoms with van der Waals surface area (Å²) in [6.07, 6.45) is 2.29. The number of fused-ring (bicyclic) bond motifs is 1. The molecule has 0 saturated carbocycles. The smallest absolute Gasteiger partial charge is 0.334 e. The molecule has 1 heterocycles. The average Bonchev–Trinajstić information content (AvgIpc) is 2.70. The van der Waals surface area contributed by atoms with E-state index in [4.69, 9.17) is 9.47 Å². The molecule has 5 atom stereocenters. The summed E-state index contributed by atoms with van der Waals surface area (Å²) in [5.74, 6) is -1.48. The van der Waals surface area contributed by atoms with E-state index in [0.717, 1.165) is 24.8 Å². The molecule has 1 saturated heterocycles. The zero-order valence-electron chi connectivity index (χ0n) is 13.4. The normalized spacial score (nSPS) is 38.5. The lowest BCUT2D eigenvalue weighted by Gasteiger charge is -2.33. The van der Waals surface area contributed by atoms with Crippen molar-refractivity contribution in [2.75, 3.05) is 0 Å². The Balaban J connectivity index is 2.40. The van der Waals surface area contributed by atoms with E-state index < -0.39 is 36.2 Å². The molecule has 5 nitrogen and oxygen atoms in total. The lowest BCUT2D eigenvalue weighted by molar-refractivity contribution is -0.166. The van der Waals surface area contributed by atoms with Crippen LogP contribution >= 0.6 is 0 Å². The fraction of sp³-hybridized carbons (Fsp3) is 0.647. The molecule has 1 aliphatic heterocycles. The Morgan fingerprint density at radius 1 is 1.50 bits per heavy atom. The number of aliphatic hydroxyl groups excluding tert-OH is 1. The second kappa shape index (κ2) is 6.65. The Bertz CT molecular complexity index is 507. The van der Waals surface area contributed by atoms with E-state index in [1.165, 1.54) is 6.92 Å². The highest BCUT2D eigenvalue weighted by atomic mass is 16.6. The molecule has 22 heavy (non-hydrogen) atoms. The Hall–Kier alpha value is -1.62. The number of carbonyl (C=O) groups excluding carboxylic acids is 2. The van der Waals surface area contributed by atoms with Crippen LogP contribution in [-0.4, -0.2) is 35.4 Å². The van der Waals surface area contributed by atoms with E-state index in [1.54, 1.807) is 6.08 Å². The minimum absolute atomic E-state index is 0.0354. The minimum atomic E-state index is -0.868. The van der Waals surface area contributed by atoms with Gasteiger partial charge < -0.3 is 14.6 Å². The molecule has 0 amide bonds. The van der Waals surface area contributed by atoms with E-state index in [2.05, 4.69) is 6.58 Å². The fourth-order valence-electron chi connectivity index (χ4n) is 3.32. The number of ether oxygens (including phenoxy) is 2. The Morgan fingerprint density at radius 2 is 2.18 bits per heavy atom. The molecule has 0 aromatic rings. The molecule has 2 rings (SSSR count). The summed E-state index contributed by atoms with van der Waals surface area (Å²) in [6.45, 7) is 9.04. The molecule has 2 aliphatic rings. The number of aliphatic hydroxyl groups is 1. The zero-order chi connectivity index (χ0) is 16.4. The molecule has 0 radical (unpaired) electrons. The molecular formula is C17H24O5. The quantitative estimate of drug-likeness (QED) is 0.456. The number of carbonyl (C=O) groups is 2. The van der Waals surface area contributed by atoms with Gasteiger partial charge in [0.05, 0.1) is 12.0 Å². The second-order valence-corrected chi connectivity index (χ2v) is 6.37. The Labute approximate surface area is 131 Å². The van der Waals surface area contributed by atoms with Gasteiger partial charge in [-0.2, -0.15) is 0 Å². The van der Waals surface area contributed by atoms with Gasteiger partial charge in [-0.05, 0) is 32.1 Å². The molecule has 5 heteroatoms. The summed E-state index contributed by atoms with van der Waals surface area (Å²) in [7, 11) is 0. The van der Waals surface area contributed by atoms with Gasteiger partial charge in [-0.3, -0.25) is 4.79 Å². The second-order valence-electron chi connectivity index (χ2n) is 6.37. The maximum Gasteiger partial charge on any atom is 0.334 e. The van der Waals surface area contributed by atoms with Gasteiger partial charge in [-0.1, -0.05) is 25.2 Å². The topological polar surface area (TPSA) is 72.8 Å². The maximum absolute atomic E-state index is 11.9. The lowest BCUT2D eigenvalue weighted by Crippen LogP contribution is -2.43. The highest BCUT2D eigenvalue weighted by Crippen LogP contribution is 2.37. The minimum Gasteiger partial charge on any atom is -0.458 e. The van der Waals surface area contributed by atoms with Crippen LogP contribution < -0.4 is 0 Å².